The van der Waals surface area contributed by atoms with Crippen molar-refractivity contribution in [2.75, 3.05) is 38.1 Å². The maximum absolute atomic E-state index is 12.9. The van der Waals surface area contributed by atoms with Gasteiger partial charge >= 0.3 is 0 Å². The van der Waals surface area contributed by atoms with E-state index in [1.165, 1.54) is 0 Å². The Morgan fingerprint density at radius 1 is 0.950 bits per heavy atom. The van der Waals surface area contributed by atoms with Crippen molar-refractivity contribution >= 4 is 41.1 Å². The van der Waals surface area contributed by atoms with Crippen LogP contribution in [0, 0.1) is 19.8 Å². The molecule has 0 radical (unpaired) electrons. The van der Waals surface area contributed by atoms with E-state index >= 15 is 0 Å². The molecule has 2 saturated heterocycles. The average molecular weight is 824 g/mol. The third-order valence-electron chi connectivity index (χ3n) is 11.1. The molecule has 3 aliphatic heterocycles. The number of unbranched alkanes of at least 4 members (excludes halogenated alkanes) is 2. The zero-order valence-electron chi connectivity index (χ0n) is 34.2. The highest BCUT2D eigenvalue weighted by molar-refractivity contribution is 6.14. The molecular formula is C46H55N4O10+. The molecule has 2 unspecified atom stereocenters. The minimum atomic E-state index is -1.55. The lowest BCUT2D eigenvalue weighted by Crippen LogP contribution is -2.54. The maximum atomic E-state index is 12.9. The Kier molecular flexibility index (Phi) is 15.1. The number of anilines is 1. The van der Waals surface area contributed by atoms with Crippen molar-refractivity contribution in [1.82, 2.24) is 9.80 Å². The van der Waals surface area contributed by atoms with E-state index in [-0.39, 0.29) is 30.6 Å². The lowest BCUT2D eigenvalue weighted by Gasteiger charge is -2.35. The van der Waals surface area contributed by atoms with Gasteiger partial charge in [0, 0.05) is 54.4 Å². The van der Waals surface area contributed by atoms with E-state index in [1.807, 2.05) is 71.2 Å². The van der Waals surface area contributed by atoms with E-state index in [0.29, 0.717) is 30.1 Å². The molecule has 2 fully saturated rings. The Hall–Kier alpha value is -5.54. The van der Waals surface area contributed by atoms with E-state index < -0.39 is 48.7 Å². The van der Waals surface area contributed by atoms with Crippen molar-refractivity contribution in [2.24, 2.45) is 5.92 Å². The number of ketones is 2. The van der Waals surface area contributed by atoms with Gasteiger partial charge < -0.3 is 35.0 Å². The molecule has 0 saturated carbocycles. The number of aryl methyl sites for hydroxylation is 2. The van der Waals surface area contributed by atoms with Crippen LogP contribution in [-0.2, 0) is 30.5 Å². The number of ether oxygens (including phenoxy) is 2. The number of likely N-dealkylation sites (tertiary alicyclic amines) is 1. The fraction of sp³-hybridized carbons (Fsp3) is 0.435. The number of nitrogens with one attached hydrogen (secondary N) is 1. The first-order valence-electron chi connectivity index (χ1n) is 20.7. The zero-order valence-corrected chi connectivity index (χ0v) is 34.2. The Bertz CT molecular complexity index is 2090. The second kappa shape index (κ2) is 20.6. The number of allylic oxidation sites excluding steroid dienone is 1. The summed E-state index contributed by atoms with van der Waals surface area (Å²) in [7, 11) is 0. The number of Topliss-reactive ketones (excluding diaryl/α,β-unsaturated/α-hetero) is 1. The predicted octanol–water partition coefficient (Wildman–Crippen LogP) is 3.45. The molecule has 318 valence electrons. The summed E-state index contributed by atoms with van der Waals surface area (Å²) in [5, 5.41) is 33.7. The van der Waals surface area contributed by atoms with Crippen molar-refractivity contribution in [1.29, 1.82) is 0 Å². The highest BCUT2D eigenvalue weighted by atomic mass is 16.7. The smallest absolute Gasteiger partial charge is 0.254 e. The Morgan fingerprint density at radius 2 is 1.72 bits per heavy atom. The Morgan fingerprint density at radius 3 is 2.47 bits per heavy atom. The second-order valence-corrected chi connectivity index (χ2v) is 16.0. The van der Waals surface area contributed by atoms with Gasteiger partial charge in [-0.3, -0.25) is 28.9 Å². The van der Waals surface area contributed by atoms with E-state index in [2.05, 4.69) is 5.32 Å². The largest absolute Gasteiger partial charge is 0.460 e. The topological polar surface area (TPSA) is 187 Å². The van der Waals surface area contributed by atoms with Gasteiger partial charge in [-0.2, -0.15) is 0 Å². The van der Waals surface area contributed by atoms with E-state index in [0.717, 1.165) is 90.9 Å². The number of aromatic nitrogens is 1. The van der Waals surface area contributed by atoms with Crippen molar-refractivity contribution in [2.45, 2.75) is 89.9 Å². The van der Waals surface area contributed by atoms with Gasteiger partial charge in [0.15, 0.2) is 30.5 Å². The Balaban J connectivity index is 0.995. The third kappa shape index (κ3) is 11.8. The molecule has 1 aromatic heterocycles. The average Bonchev–Trinajstić information content (AvgIpc) is 3.55. The van der Waals surface area contributed by atoms with Crippen LogP contribution in [0.15, 0.2) is 79.2 Å². The van der Waals surface area contributed by atoms with Crippen molar-refractivity contribution in [3.8, 4) is 5.75 Å². The number of carbonyl (C=O) groups excluding carboxylic acids is 5. The third-order valence-corrected chi connectivity index (χ3v) is 11.1. The molecule has 0 spiro atoms. The number of rotatable bonds is 18. The molecule has 6 rings (SSSR count). The number of hydrogen-bond donors (Lipinski definition) is 4. The minimum absolute atomic E-state index is 0.0636. The molecule has 3 aliphatic rings. The fourth-order valence-corrected chi connectivity index (χ4v) is 7.76. The number of nitrogens with zero attached hydrogens (tertiary/aromatic N) is 3. The van der Waals surface area contributed by atoms with Crippen LogP contribution in [0.4, 0.5) is 5.69 Å². The molecule has 60 heavy (non-hydrogen) atoms. The summed E-state index contributed by atoms with van der Waals surface area (Å²) < 4.78 is 13.4. The number of imide groups is 1. The van der Waals surface area contributed by atoms with Crippen molar-refractivity contribution < 1.29 is 53.3 Å². The number of pyridine rings is 1. The number of piperidine rings is 1. The minimum Gasteiger partial charge on any atom is -0.460 e. The van der Waals surface area contributed by atoms with Gasteiger partial charge in [-0.1, -0.05) is 37.0 Å². The molecule has 0 aliphatic carbocycles. The van der Waals surface area contributed by atoms with Crippen LogP contribution < -0.4 is 14.6 Å². The van der Waals surface area contributed by atoms with Gasteiger partial charge in [-0.15, -0.1) is 0 Å². The van der Waals surface area contributed by atoms with Crippen molar-refractivity contribution in [3.63, 3.8) is 0 Å². The summed E-state index contributed by atoms with van der Waals surface area (Å²) in [5.41, 5.74) is 4.48. The van der Waals surface area contributed by atoms with Crippen LogP contribution in [0.5, 0.6) is 5.75 Å². The quantitative estimate of drug-likeness (QED) is 0.0638. The fourth-order valence-electron chi connectivity index (χ4n) is 7.76. The highest BCUT2D eigenvalue weighted by Gasteiger charge is 2.39. The number of aliphatic hydroxyl groups is 3. The van der Waals surface area contributed by atoms with Gasteiger partial charge in [0.2, 0.25) is 6.29 Å². The first-order chi connectivity index (χ1) is 28.8. The molecule has 14 nitrogen and oxygen atoms in total. The summed E-state index contributed by atoms with van der Waals surface area (Å²) >= 11 is 0. The summed E-state index contributed by atoms with van der Waals surface area (Å²) in [5.74, 6) is -0.554. The number of aliphatic hydroxyl groups excluding tert-OH is 3. The normalized spacial score (nSPS) is 20.9. The predicted molar refractivity (Wildman–Crippen MR) is 222 cm³/mol. The molecule has 3 aromatic rings. The molecule has 14 heteroatoms. The second-order valence-electron chi connectivity index (χ2n) is 16.0. The van der Waals surface area contributed by atoms with Crippen LogP contribution >= 0.6 is 0 Å². The lowest BCUT2D eigenvalue weighted by molar-refractivity contribution is -0.688. The van der Waals surface area contributed by atoms with Gasteiger partial charge in [0.05, 0.1) is 25.4 Å². The van der Waals surface area contributed by atoms with E-state index in [1.54, 1.807) is 25.1 Å². The van der Waals surface area contributed by atoms with Crippen LogP contribution in [0.2, 0.25) is 0 Å². The van der Waals surface area contributed by atoms with Gasteiger partial charge in [0.1, 0.15) is 24.1 Å². The number of carbonyl (C=O) groups is 5. The molecule has 3 amide bonds. The van der Waals surface area contributed by atoms with E-state index in [4.69, 9.17) is 9.47 Å². The van der Waals surface area contributed by atoms with Crippen LogP contribution in [0.3, 0.4) is 0 Å². The summed E-state index contributed by atoms with van der Waals surface area (Å²) in [4.78, 5) is 65.3. The lowest BCUT2D eigenvalue weighted by atomic mass is 9.90. The molecule has 2 aromatic carbocycles. The first kappa shape index (κ1) is 44.0. The summed E-state index contributed by atoms with van der Waals surface area (Å²) in [6.07, 6.45) is 10.3. The van der Waals surface area contributed by atoms with Crippen LogP contribution in [-0.4, -0.2) is 112 Å². The van der Waals surface area contributed by atoms with Crippen LogP contribution in [0.25, 0.3) is 6.08 Å². The number of benzene rings is 2. The molecular weight excluding hydrogens is 769 g/mol. The number of amides is 3. The van der Waals surface area contributed by atoms with Gasteiger partial charge in [-0.25, -0.2) is 4.57 Å². The van der Waals surface area contributed by atoms with Crippen molar-refractivity contribution in [3.05, 3.63) is 107 Å². The monoisotopic (exact) mass is 823 g/mol. The standard InChI is InChI=1S/C46H55N4O10/c1-30-8-6-11-35(22-30)45(58)49-20-17-32(18-21-49)9-4-3-5-12-36(51)14-13-33-10-7-19-48(26-33)27-34-23-31(2)44(60-46-43(57)42(56)39(53)29-59-46)38(24-34)47-25-37(52)28-50-40(54)15-16-41(50)55/h6-8,10-11,13-16,19,22-24,26,32,39,42-43,46-47,53,56-57H,3-5,9,12,17-18,20-21,25,27-29H2,1-2H3/q+1/b14-13+/t39?,42-,43-,46?/m0/s1. The summed E-state index contributed by atoms with van der Waals surface area (Å²) in [6, 6.07) is 15.2. The SMILES string of the molecule is Cc1cccc(C(=O)N2CCC(CCCCCC(=O)/C=C/c3ccc[n+](Cc4cc(C)c(OC5OCC(O)[C@H](O)[C@@H]5O)c(NCC(=O)CN5C(=O)C=CC5=O)c4)c3)CC2)c1. The molecule has 0 bridgehead atoms. The highest BCUT2D eigenvalue weighted by Crippen LogP contribution is 2.33. The Labute approximate surface area is 350 Å². The maximum Gasteiger partial charge on any atom is 0.254 e. The number of hydrogen-bond acceptors (Lipinski definition) is 11. The van der Waals surface area contributed by atoms with Gasteiger partial charge in [0.25, 0.3) is 17.7 Å². The molecule has 4 atom stereocenters. The van der Waals surface area contributed by atoms with Crippen LogP contribution in [0.1, 0.15) is 77.6 Å². The summed E-state index contributed by atoms with van der Waals surface area (Å²) in [6.45, 7) is 4.81. The van der Waals surface area contributed by atoms with E-state index in [9.17, 15) is 39.3 Å². The van der Waals surface area contributed by atoms with Gasteiger partial charge in [-0.05, 0) is 87.1 Å². The molecule has 4 heterocycles. The zero-order chi connectivity index (χ0) is 42.8. The first-order valence-corrected chi connectivity index (χ1v) is 20.7. The molecule has 4 N–H and O–H groups in total.